The van der Waals surface area contributed by atoms with Gasteiger partial charge in [-0.15, -0.1) is 5.10 Å². The molecule has 0 radical (unpaired) electrons. The summed E-state index contributed by atoms with van der Waals surface area (Å²) in [6, 6.07) is 9.44. The van der Waals surface area contributed by atoms with Gasteiger partial charge in [0.15, 0.2) is 5.69 Å². The van der Waals surface area contributed by atoms with Crippen molar-refractivity contribution in [2.45, 2.75) is 37.9 Å². The highest BCUT2D eigenvalue weighted by Crippen LogP contribution is 2.24. The lowest BCUT2D eigenvalue weighted by Crippen LogP contribution is -2.35. The number of hydrogen-bond acceptors (Lipinski definition) is 5. The summed E-state index contributed by atoms with van der Waals surface area (Å²) in [5.41, 5.74) is 1.01. The molecule has 3 rings (SSSR count). The number of esters is 1. The van der Waals surface area contributed by atoms with E-state index in [0.29, 0.717) is 0 Å². The van der Waals surface area contributed by atoms with E-state index in [1.165, 1.54) is 11.0 Å². The molecule has 2 atom stereocenters. The van der Waals surface area contributed by atoms with Crippen LogP contribution in [-0.2, 0) is 9.47 Å². The first-order valence-electron chi connectivity index (χ1n) is 7.49. The Morgan fingerprint density at radius 3 is 2.64 bits per heavy atom. The molecule has 6 heteroatoms. The number of para-hydroxylation sites is 1. The van der Waals surface area contributed by atoms with Crippen molar-refractivity contribution in [1.29, 1.82) is 0 Å². The molecule has 1 saturated carbocycles. The Morgan fingerprint density at radius 2 is 1.91 bits per heavy atom. The predicted molar refractivity (Wildman–Crippen MR) is 79.8 cm³/mol. The zero-order chi connectivity index (χ0) is 15.4. The zero-order valence-electron chi connectivity index (χ0n) is 12.5. The van der Waals surface area contributed by atoms with Crippen LogP contribution in [0.4, 0.5) is 0 Å². The van der Waals surface area contributed by atoms with Crippen molar-refractivity contribution in [3.63, 3.8) is 0 Å². The Labute approximate surface area is 129 Å². The summed E-state index contributed by atoms with van der Waals surface area (Å²) in [5.74, 6) is -0.448. The Balaban J connectivity index is 1.69. The second kappa shape index (κ2) is 6.70. The molecule has 1 aliphatic rings. The topological polar surface area (TPSA) is 66.2 Å². The molecule has 0 saturated heterocycles. The smallest absolute Gasteiger partial charge is 0.360 e. The Kier molecular flexibility index (Phi) is 4.48. The van der Waals surface area contributed by atoms with Crippen LogP contribution in [0.3, 0.4) is 0 Å². The van der Waals surface area contributed by atoms with Crippen LogP contribution in [0.5, 0.6) is 0 Å². The van der Waals surface area contributed by atoms with Gasteiger partial charge in [-0.25, -0.2) is 4.79 Å². The van der Waals surface area contributed by atoms with Crippen LogP contribution >= 0.6 is 0 Å². The molecule has 1 aromatic carbocycles. The second-order valence-electron chi connectivity index (χ2n) is 5.36. The second-order valence-corrected chi connectivity index (χ2v) is 5.36. The van der Waals surface area contributed by atoms with Crippen molar-refractivity contribution >= 4 is 5.97 Å². The van der Waals surface area contributed by atoms with Gasteiger partial charge in [0.25, 0.3) is 0 Å². The minimum atomic E-state index is -0.448. The molecule has 6 nitrogen and oxygen atoms in total. The molecule has 2 aromatic rings. The number of carbonyl (C=O) groups is 1. The number of methoxy groups -OCH3 is 1. The van der Waals surface area contributed by atoms with Crippen molar-refractivity contribution in [3.8, 4) is 5.69 Å². The number of ether oxygens (including phenoxy) is 2. The van der Waals surface area contributed by atoms with E-state index < -0.39 is 5.97 Å². The lowest BCUT2D eigenvalue weighted by molar-refractivity contribution is -0.0542. The van der Waals surface area contributed by atoms with Gasteiger partial charge in [0.1, 0.15) is 6.10 Å². The maximum absolute atomic E-state index is 12.2. The molecule has 1 aromatic heterocycles. The van der Waals surface area contributed by atoms with Gasteiger partial charge in [-0.1, -0.05) is 24.6 Å². The highest BCUT2D eigenvalue weighted by molar-refractivity contribution is 5.86. The first kappa shape index (κ1) is 14.7. The minimum absolute atomic E-state index is 0.0260. The highest BCUT2D eigenvalue weighted by Gasteiger charge is 2.29. The van der Waals surface area contributed by atoms with E-state index in [9.17, 15) is 4.79 Å². The summed E-state index contributed by atoms with van der Waals surface area (Å²) < 4.78 is 10.9. The lowest BCUT2D eigenvalue weighted by atomic mass is 9.94. The molecule has 0 amide bonds. The normalized spacial score (nSPS) is 21.5. The molecule has 0 bridgehead atoms. The van der Waals surface area contributed by atoms with Crippen LogP contribution in [0.2, 0.25) is 0 Å². The molecule has 1 fully saturated rings. The Bertz CT molecular complexity index is 627. The fraction of sp³-hybridized carbons (Fsp3) is 0.438. The summed E-state index contributed by atoms with van der Waals surface area (Å²) in [6.45, 7) is 0. The van der Waals surface area contributed by atoms with Crippen LogP contribution in [0, 0.1) is 0 Å². The quantitative estimate of drug-likeness (QED) is 0.811. The van der Waals surface area contributed by atoms with Gasteiger partial charge in [-0.05, 0) is 31.4 Å². The summed E-state index contributed by atoms with van der Waals surface area (Å²) in [7, 11) is 1.66. The van der Waals surface area contributed by atoms with Crippen molar-refractivity contribution in [3.05, 3.63) is 42.2 Å². The summed E-state index contributed by atoms with van der Waals surface area (Å²) in [4.78, 5) is 13.6. The zero-order valence-corrected chi connectivity index (χ0v) is 12.5. The summed E-state index contributed by atoms with van der Waals surface area (Å²) in [6.07, 6.45) is 5.11. The van der Waals surface area contributed by atoms with Crippen LogP contribution in [0.25, 0.3) is 5.69 Å². The van der Waals surface area contributed by atoms with E-state index in [4.69, 9.17) is 9.47 Å². The van der Waals surface area contributed by atoms with Gasteiger partial charge >= 0.3 is 5.97 Å². The van der Waals surface area contributed by atoms with Gasteiger partial charge in [-0.3, -0.25) is 0 Å². The van der Waals surface area contributed by atoms with Crippen molar-refractivity contribution in [1.82, 2.24) is 15.0 Å². The fourth-order valence-corrected chi connectivity index (χ4v) is 2.71. The van der Waals surface area contributed by atoms with Crippen molar-refractivity contribution in [2.75, 3.05) is 7.11 Å². The number of carbonyl (C=O) groups excluding carboxylic acids is 1. The molecule has 2 unspecified atom stereocenters. The molecule has 1 aliphatic carbocycles. The van der Waals surface area contributed by atoms with Crippen molar-refractivity contribution < 1.29 is 14.3 Å². The molecule has 116 valence electrons. The number of aromatic nitrogens is 3. The highest BCUT2D eigenvalue weighted by atomic mass is 16.6. The summed E-state index contributed by atoms with van der Waals surface area (Å²) in [5, 5.41) is 8.30. The SMILES string of the molecule is COC1CCCCC1OC(=O)c1cnn(-c2ccccc2)n1. The number of hydrogen-bond donors (Lipinski definition) is 0. The molecular weight excluding hydrogens is 282 g/mol. The van der Waals surface area contributed by atoms with E-state index >= 15 is 0 Å². The van der Waals surface area contributed by atoms with Gasteiger partial charge < -0.3 is 9.47 Å². The van der Waals surface area contributed by atoms with Crippen LogP contribution in [-0.4, -0.2) is 40.3 Å². The molecular formula is C16H19N3O3. The minimum Gasteiger partial charge on any atom is -0.455 e. The third kappa shape index (κ3) is 3.17. The third-order valence-corrected chi connectivity index (χ3v) is 3.89. The average Bonchev–Trinajstić information content (AvgIpc) is 3.06. The standard InChI is InChI=1S/C16H19N3O3/c1-21-14-9-5-6-10-15(14)22-16(20)13-11-17-19(18-13)12-7-3-2-4-8-12/h2-4,7-8,11,14-15H,5-6,9-10H2,1H3. The lowest BCUT2D eigenvalue weighted by Gasteiger charge is -2.29. The van der Waals surface area contributed by atoms with Gasteiger partial charge in [0.05, 0.1) is 18.0 Å². The number of benzene rings is 1. The number of rotatable bonds is 4. The van der Waals surface area contributed by atoms with E-state index in [0.717, 1.165) is 31.4 Å². The largest absolute Gasteiger partial charge is 0.455 e. The molecule has 1 heterocycles. The first-order valence-corrected chi connectivity index (χ1v) is 7.49. The van der Waals surface area contributed by atoms with Crippen LogP contribution in [0.15, 0.2) is 36.5 Å². The van der Waals surface area contributed by atoms with Crippen LogP contribution < -0.4 is 0 Å². The average molecular weight is 301 g/mol. The van der Waals surface area contributed by atoms with E-state index in [1.807, 2.05) is 30.3 Å². The van der Waals surface area contributed by atoms with Crippen LogP contribution in [0.1, 0.15) is 36.2 Å². The van der Waals surface area contributed by atoms with E-state index in [2.05, 4.69) is 10.2 Å². The third-order valence-electron chi connectivity index (χ3n) is 3.89. The first-order chi connectivity index (χ1) is 10.8. The maximum Gasteiger partial charge on any atom is 0.360 e. The Morgan fingerprint density at radius 1 is 1.18 bits per heavy atom. The van der Waals surface area contributed by atoms with Gasteiger partial charge in [0.2, 0.25) is 0 Å². The Hall–Kier alpha value is -2.21. The molecule has 22 heavy (non-hydrogen) atoms. The summed E-state index contributed by atoms with van der Waals surface area (Å²) >= 11 is 0. The fourth-order valence-electron chi connectivity index (χ4n) is 2.71. The number of nitrogens with zero attached hydrogens (tertiary/aromatic N) is 3. The molecule has 0 N–H and O–H groups in total. The van der Waals surface area contributed by atoms with Crippen molar-refractivity contribution in [2.24, 2.45) is 0 Å². The van der Waals surface area contributed by atoms with E-state index in [-0.39, 0.29) is 17.9 Å². The predicted octanol–water partition coefficient (Wildman–Crippen LogP) is 2.38. The van der Waals surface area contributed by atoms with E-state index in [1.54, 1.807) is 7.11 Å². The maximum atomic E-state index is 12.2. The molecule has 0 aliphatic heterocycles. The van der Waals surface area contributed by atoms with Gasteiger partial charge in [0, 0.05) is 7.11 Å². The monoisotopic (exact) mass is 301 g/mol. The molecule has 0 spiro atoms. The van der Waals surface area contributed by atoms with Gasteiger partial charge in [-0.2, -0.15) is 9.90 Å².